The van der Waals surface area contributed by atoms with Gasteiger partial charge in [0.15, 0.2) is 0 Å². The van der Waals surface area contributed by atoms with Crippen molar-refractivity contribution in [1.82, 2.24) is 4.98 Å². The van der Waals surface area contributed by atoms with Crippen molar-refractivity contribution in [3.8, 4) is 10.6 Å². The number of aryl methyl sites for hydroxylation is 3. The van der Waals surface area contributed by atoms with Gasteiger partial charge in [-0.1, -0.05) is 6.07 Å². The Kier molecular flexibility index (Phi) is 4.07. The van der Waals surface area contributed by atoms with Gasteiger partial charge in [0.25, 0.3) is 0 Å². The van der Waals surface area contributed by atoms with Gasteiger partial charge in [-0.05, 0) is 56.9 Å². The molecule has 1 N–H and O–H groups in total. The first-order valence-corrected chi connectivity index (χ1v) is 7.42. The van der Waals surface area contributed by atoms with Gasteiger partial charge in [0.05, 0.1) is 5.69 Å². The number of hydrogen-bond donors (Lipinski definition) is 1. The van der Waals surface area contributed by atoms with Crippen LogP contribution in [0, 0.1) is 34.6 Å². The van der Waals surface area contributed by atoms with Gasteiger partial charge in [0.1, 0.15) is 5.01 Å². The Morgan fingerprint density at radius 1 is 1.05 bits per heavy atom. The lowest BCUT2D eigenvalue weighted by Gasteiger charge is -2.13. The van der Waals surface area contributed by atoms with E-state index in [9.17, 15) is 0 Å². The summed E-state index contributed by atoms with van der Waals surface area (Å²) in [4.78, 5) is 5.90. The molecule has 1 heterocycles. The lowest BCUT2D eigenvalue weighted by molar-refractivity contribution is 0.300. The van der Waals surface area contributed by atoms with Gasteiger partial charge in [0.2, 0.25) is 0 Å². The normalized spacial score (nSPS) is 11.1. The maximum Gasteiger partial charge on any atom is 0.124 e. The third kappa shape index (κ3) is 2.58. The zero-order valence-electron chi connectivity index (χ0n) is 12.3. The number of benzene rings is 1. The number of rotatable bonds is 3. The van der Waals surface area contributed by atoms with Crippen LogP contribution in [-0.2, 0) is 6.42 Å². The van der Waals surface area contributed by atoms with Crippen LogP contribution >= 0.6 is 11.3 Å². The molecule has 0 saturated carbocycles. The van der Waals surface area contributed by atoms with Crippen LogP contribution in [0.5, 0.6) is 0 Å². The zero-order valence-corrected chi connectivity index (χ0v) is 13.1. The molecule has 19 heavy (non-hydrogen) atoms. The zero-order chi connectivity index (χ0) is 14.2. The van der Waals surface area contributed by atoms with Gasteiger partial charge in [-0.2, -0.15) is 0 Å². The fourth-order valence-electron chi connectivity index (χ4n) is 2.41. The minimum Gasteiger partial charge on any atom is -0.396 e. The van der Waals surface area contributed by atoms with E-state index in [1.165, 1.54) is 32.7 Å². The van der Waals surface area contributed by atoms with E-state index < -0.39 is 0 Å². The molecular weight excluding hydrogens is 254 g/mol. The van der Waals surface area contributed by atoms with E-state index in [0.717, 1.165) is 10.7 Å². The molecule has 0 fully saturated rings. The minimum absolute atomic E-state index is 0.188. The van der Waals surface area contributed by atoms with Gasteiger partial charge < -0.3 is 5.11 Å². The first kappa shape index (κ1) is 14.2. The summed E-state index contributed by atoms with van der Waals surface area (Å²) in [6.45, 7) is 10.9. The van der Waals surface area contributed by atoms with Crippen molar-refractivity contribution >= 4 is 11.3 Å². The molecule has 1 aromatic carbocycles. The number of hydrogen-bond acceptors (Lipinski definition) is 3. The lowest BCUT2D eigenvalue weighted by atomic mass is 9.95. The van der Waals surface area contributed by atoms with E-state index >= 15 is 0 Å². The highest BCUT2D eigenvalue weighted by Crippen LogP contribution is 2.35. The number of thiazole rings is 1. The van der Waals surface area contributed by atoms with Gasteiger partial charge in [0, 0.05) is 23.5 Å². The van der Waals surface area contributed by atoms with E-state index in [1.54, 1.807) is 11.3 Å². The summed E-state index contributed by atoms with van der Waals surface area (Å²) in [6.07, 6.45) is 0.701. The Hall–Kier alpha value is -1.19. The highest BCUT2D eigenvalue weighted by atomic mass is 32.1. The maximum absolute atomic E-state index is 9.10. The summed E-state index contributed by atoms with van der Waals surface area (Å²) in [5, 5.41) is 10.2. The molecular formula is C16H21NOS. The largest absolute Gasteiger partial charge is 0.396 e. The highest BCUT2D eigenvalue weighted by Gasteiger charge is 2.15. The van der Waals surface area contributed by atoms with Crippen LogP contribution in [0.1, 0.15) is 32.8 Å². The Morgan fingerprint density at radius 2 is 1.63 bits per heavy atom. The predicted octanol–water partition coefficient (Wildman–Crippen LogP) is 3.89. The van der Waals surface area contributed by atoms with Gasteiger partial charge in [-0.15, -0.1) is 11.3 Å². The lowest BCUT2D eigenvalue weighted by Crippen LogP contribution is -1.94. The van der Waals surface area contributed by atoms with Crippen LogP contribution in [0.4, 0.5) is 0 Å². The topological polar surface area (TPSA) is 33.1 Å². The van der Waals surface area contributed by atoms with E-state index in [-0.39, 0.29) is 6.61 Å². The minimum atomic E-state index is 0.188. The smallest absolute Gasteiger partial charge is 0.124 e. The average Bonchev–Trinajstić information content (AvgIpc) is 2.69. The summed E-state index contributed by atoms with van der Waals surface area (Å²) in [5.74, 6) is 0. The molecule has 2 nitrogen and oxygen atoms in total. The predicted molar refractivity (Wildman–Crippen MR) is 82.0 cm³/mol. The first-order chi connectivity index (χ1) is 8.95. The Bertz CT molecular complexity index is 587. The molecule has 0 unspecified atom stereocenters. The second-order valence-electron chi connectivity index (χ2n) is 5.14. The van der Waals surface area contributed by atoms with Crippen LogP contribution in [0.2, 0.25) is 0 Å². The molecule has 3 heteroatoms. The molecule has 0 spiro atoms. The second-order valence-corrected chi connectivity index (χ2v) is 6.22. The maximum atomic E-state index is 9.10. The fraction of sp³-hybridized carbons (Fsp3) is 0.438. The number of aromatic nitrogens is 1. The number of nitrogens with zero attached hydrogens (tertiary/aromatic N) is 1. The van der Waals surface area contributed by atoms with Crippen LogP contribution in [0.15, 0.2) is 6.07 Å². The Morgan fingerprint density at radius 3 is 2.16 bits per heavy atom. The SMILES string of the molecule is Cc1cc(C)c(C)c(-c2nc(C)c(CCO)s2)c1C. The molecule has 1 aromatic heterocycles. The van der Waals surface area contributed by atoms with Crippen molar-refractivity contribution in [1.29, 1.82) is 0 Å². The molecule has 0 saturated heterocycles. The van der Waals surface area contributed by atoms with Crippen LogP contribution in [-0.4, -0.2) is 16.7 Å². The van der Waals surface area contributed by atoms with E-state index in [1.807, 2.05) is 6.92 Å². The van der Waals surface area contributed by atoms with Gasteiger partial charge in [-0.3, -0.25) is 0 Å². The average molecular weight is 275 g/mol. The van der Waals surface area contributed by atoms with Crippen molar-refractivity contribution in [3.63, 3.8) is 0 Å². The first-order valence-electron chi connectivity index (χ1n) is 6.60. The third-order valence-electron chi connectivity index (χ3n) is 3.81. The summed E-state index contributed by atoms with van der Waals surface area (Å²) in [5.41, 5.74) is 7.57. The number of aliphatic hydroxyl groups is 1. The second kappa shape index (κ2) is 5.43. The van der Waals surface area contributed by atoms with Crippen molar-refractivity contribution in [2.24, 2.45) is 0 Å². The molecule has 2 aromatic rings. The molecule has 0 atom stereocenters. The Balaban J connectivity index is 2.62. The highest BCUT2D eigenvalue weighted by molar-refractivity contribution is 7.15. The van der Waals surface area contributed by atoms with Crippen molar-refractivity contribution in [3.05, 3.63) is 38.9 Å². The van der Waals surface area contributed by atoms with Gasteiger partial charge in [-0.25, -0.2) is 4.98 Å². The van der Waals surface area contributed by atoms with Crippen molar-refractivity contribution < 1.29 is 5.11 Å². The van der Waals surface area contributed by atoms with Crippen LogP contribution < -0.4 is 0 Å². The molecule has 0 aliphatic rings. The Labute approximate surface area is 119 Å². The monoisotopic (exact) mass is 275 g/mol. The van der Waals surface area contributed by atoms with E-state index in [0.29, 0.717) is 6.42 Å². The van der Waals surface area contributed by atoms with Crippen molar-refractivity contribution in [2.75, 3.05) is 6.61 Å². The van der Waals surface area contributed by atoms with E-state index in [2.05, 4.69) is 33.8 Å². The standard InChI is InChI=1S/C16H21NOS/c1-9-8-10(2)12(4)15(11(9)3)16-17-13(5)14(19-16)6-7-18/h8,18H,6-7H2,1-5H3. The van der Waals surface area contributed by atoms with Crippen LogP contribution in [0.25, 0.3) is 10.6 Å². The van der Waals surface area contributed by atoms with Crippen molar-refractivity contribution in [2.45, 2.75) is 41.0 Å². The van der Waals surface area contributed by atoms with Gasteiger partial charge >= 0.3 is 0 Å². The molecule has 0 aliphatic carbocycles. The quantitative estimate of drug-likeness (QED) is 0.922. The van der Waals surface area contributed by atoms with E-state index in [4.69, 9.17) is 10.1 Å². The molecule has 0 aliphatic heterocycles. The summed E-state index contributed by atoms with van der Waals surface area (Å²) < 4.78 is 0. The fourth-order valence-corrected chi connectivity index (χ4v) is 3.62. The summed E-state index contributed by atoms with van der Waals surface area (Å²) in [7, 11) is 0. The van der Waals surface area contributed by atoms with Crippen LogP contribution in [0.3, 0.4) is 0 Å². The molecule has 0 radical (unpaired) electrons. The molecule has 0 amide bonds. The molecule has 102 valence electrons. The number of aliphatic hydroxyl groups excluding tert-OH is 1. The third-order valence-corrected chi connectivity index (χ3v) is 5.05. The summed E-state index contributed by atoms with van der Waals surface area (Å²) in [6, 6.07) is 2.24. The molecule has 0 bridgehead atoms. The molecule has 2 rings (SSSR count). The summed E-state index contributed by atoms with van der Waals surface area (Å²) >= 11 is 1.71.